The van der Waals surface area contributed by atoms with Gasteiger partial charge in [0.05, 0.1) is 5.70 Å². The van der Waals surface area contributed by atoms with E-state index in [9.17, 15) is 4.79 Å². The first-order valence-corrected chi connectivity index (χ1v) is 4.13. The fourth-order valence-electron chi connectivity index (χ4n) is 1.18. The quantitative estimate of drug-likeness (QED) is 0.469. The molecule has 11 heavy (non-hydrogen) atoms. The number of likely N-dealkylation sites (tertiary alicyclic amines) is 1. The molecule has 0 aromatic heterocycles. The second-order valence-corrected chi connectivity index (χ2v) is 3.31. The van der Waals surface area contributed by atoms with Crippen LogP contribution in [0.2, 0.25) is 0 Å². The predicted molar refractivity (Wildman–Crippen MR) is 45.4 cm³/mol. The van der Waals surface area contributed by atoms with E-state index in [-0.39, 0.29) is 5.24 Å². The van der Waals surface area contributed by atoms with Gasteiger partial charge in [0.2, 0.25) is 0 Å². The molecule has 0 spiro atoms. The molecule has 0 aliphatic carbocycles. The average molecular weight is 174 g/mol. The van der Waals surface area contributed by atoms with Gasteiger partial charge in [0.1, 0.15) is 0 Å². The number of halogens is 1. The van der Waals surface area contributed by atoms with Crippen LogP contribution in [0.15, 0.2) is 11.3 Å². The maximum Gasteiger partial charge on any atom is 0.268 e. The molecule has 1 heterocycles. The van der Waals surface area contributed by atoms with Crippen molar-refractivity contribution in [3.63, 3.8) is 0 Å². The van der Waals surface area contributed by atoms with Crippen LogP contribution in [0.1, 0.15) is 20.3 Å². The van der Waals surface area contributed by atoms with Crippen LogP contribution in [0.25, 0.3) is 0 Å². The molecule has 0 radical (unpaired) electrons. The smallest absolute Gasteiger partial charge is 0.268 e. The Bertz CT molecular complexity index is 202. The van der Waals surface area contributed by atoms with Gasteiger partial charge in [-0.1, -0.05) is 0 Å². The maximum absolute atomic E-state index is 10.9. The number of carbonyl (C=O) groups excluding carboxylic acids is 1. The molecule has 0 bridgehead atoms. The monoisotopic (exact) mass is 173 g/mol. The Hall–Kier alpha value is -0.500. The van der Waals surface area contributed by atoms with Crippen molar-refractivity contribution in [1.29, 1.82) is 0 Å². The van der Waals surface area contributed by atoms with E-state index in [0.717, 1.165) is 18.7 Å². The zero-order chi connectivity index (χ0) is 8.43. The summed E-state index contributed by atoms with van der Waals surface area (Å²) < 4.78 is 0. The molecule has 0 unspecified atom stereocenters. The van der Waals surface area contributed by atoms with Crippen molar-refractivity contribution in [3.8, 4) is 0 Å². The summed E-state index contributed by atoms with van der Waals surface area (Å²) in [5.41, 5.74) is 1.70. The highest BCUT2D eigenvalue weighted by molar-refractivity contribution is 6.67. The van der Waals surface area contributed by atoms with E-state index in [0.29, 0.717) is 5.70 Å². The molecule has 1 fully saturated rings. The van der Waals surface area contributed by atoms with Gasteiger partial charge in [-0.05, 0) is 37.4 Å². The minimum Gasteiger partial charge on any atom is -0.368 e. The lowest BCUT2D eigenvalue weighted by Crippen LogP contribution is -2.38. The molecule has 0 saturated carbocycles. The van der Waals surface area contributed by atoms with Crippen LogP contribution in [0.5, 0.6) is 0 Å². The maximum atomic E-state index is 10.9. The van der Waals surface area contributed by atoms with E-state index in [2.05, 4.69) is 0 Å². The van der Waals surface area contributed by atoms with Gasteiger partial charge in [0.15, 0.2) is 0 Å². The first kappa shape index (κ1) is 8.60. The van der Waals surface area contributed by atoms with Gasteiger partial charge in [-0.25, -0.2) is 0 Å². The molecule has 0 aromatic rings. The summed E-state index contributed by atoms with van der Waals surface area (Å²) in [6.07, 6.45) is 1.17. The zero-order valence-electron chi connectivity index (χ0n) is 6.85. The van der Waals surface area contributed by atoms with Crippen molar-refractivity contribution in [1.82, 2.24) is 4.90 Å². The minimum absolute atomic E-state index is 0.329. The van der Waals surface area contributed by atoms with Gasteiger partial charge in [-0.15, -0.1) is 0 Å². The summed E-state index contributed by atoms with van der Waals surface area (Å²) in [5, 5.41) is -0.329. The molecule has 3 heteroatoms. The van der Waals surface area contributed by atoms with E-state index < -0.39 is 0 Å². The number of nitrogens with zero attached hydrogens (tertiary/aromatic N) is 1. The highest BCUT2D eigenvalue weighted by atomic mass is 35.5. The van der Waals surface area contributed by atoms with Crippen molar-refractivity contribution in [2.75, 3.05) is 13.1 Å². The van der Waals surface area contributed by atoms with Crippen molar-refractivity contribution in [2.45, 2.75) is 20.3 Å². The highest BCUT2D eigenvalue weighted by Gasteiger charge is 2.21. The topological polar surface area (TPSA) is 20.3 Å². The molecule has 62 valence electrons. The van der Waals surface area contributed by atoms with E-state index >= 15 is 0 Å². The lowest BCUT2D eigenvalue weighted by atomic mass is 10.1. The van der Waals surface area contributed by atoms with Gasteiger partial charge in [0, 0.05) is 13.1 Å². The summed E-state index contributed by atoms with van der Waals surface area (Å²) in [6.45, 7) is 5.76. The Balaban J connectivity index is 2.75. The van der Waals surface area contributed by atoms with Crippen molar-refractivity contribution < 1.29 is 4.79 Å². The van der Waals surface area contributed by atoms with E-state index in [1.165, 1.54) is 6.42 Å². The first-order chi connectivity index (χ1) is 5.13. The lowest BCUT2D eigenvalue weighted by molar-refractivity contribution is -0.110. The van der Waals surface area contributed by atoms with Gasteiger partial charge in [-0.2, -0.15) is 0 Å². The van der Waals surface area contributed by atoms with Crippen LogP contribution in [0.3, 0.4) is 0 Å². The fourth-order valence-corrected chi connectivity index (χ4v) is 1.49. The molecular formula is C8H12ClNO. The van der Waals surface area contributed by atoms with E-state index in [1.807, 2.05) is 18.7 Å². The number of rotatable bonds is 2. The second kappa shape index (κ2) is 3.26. The lowest BCUT2D eigenvalue weighted by Gasteiger charge is -2.34. The van der Waals surface area contributed by atoms with Crippen molar-refractivity contribution in [2.24, 2.45) is 0 Å². The predicted octanol–water partition coefficient (Wildman–Crippen LogP) is 1.75. The van der Waals surface area contributed by atoms with Crippen molar-refractivity contribution >= 4 is 16.8 Å². The Labute approximate surface area is 71.8 Å². The number of hydrogen-bond acceptors (Lipinski definition) is 2. The molecule has 0 aromatic carbocycles. The molecule has 1 rings (SSSR count). The van der Waals surface area contributed by atoms with Crippen LogP contribution in [0.4, 0.5) is 0 Å². The summed E-state index contributed by atoms with van der Waals surface area (Å²) in [5.74, 6) is 0. The van der Waals surface area contributed by atoms with Crippen molar-refractivity contribution in [3.05, 3.63) is 11.3 Å². The molecular weight excluding hydrogens is 162 g/mol. The van der Waals surface area contributed by atoms with Crippen LogP contribution >= 0.6 is 11.6 Å². The minimum atomic E-state index is -0.329. The van der Waals surface area contributed by atoms with Gasteiger partial charge in [0.25, 0.3) is 5.24 Å². The Kier molecular flexibility index (Phi) is 2.55. The highest BCUT2D eigenvalue weighted by Crippen LogP contribution is 2.19. The van der Waals surface area contributed by atoms with Gasteiger partial charge >= 0.3 is 0 Å². The molecule has 1 aliphatic rings. The molecule has 2 nitrogen and oxygen atoms in total. The SMILES string of the molecule is CC(C)=C(C(=O)Cl)N1CCC1. The Morgan fingerprint density at radius 1 is 1.36 bits per heavy atom. The van der Waals surface area contributed by atoms with Crippen LogP contribution in [-0.2, 0) is 4.79 Å². The normalized spacial score (nSPS) is 15.7. The third-order valence-electron chi connectivity index (χ3n) is 1.83. The summed E-state index contributed by atoms with van der Waals surface area (Å²) in [6, 6.07) is 0. The third-order valence-corrected chi connectivity index (χ3v) is 2.01. The molecule has 0 N–H and O–H groups in total. The fraction of sp³-hybridized carbons (Fsp3) is 0.625. The van der Waals surface area contributed by atoms with E-state index in [1.54, 1.807) is 0 Å². The average Bonchev–Trinajstić information content (AvgIpc) is 1.75. The molecule has 1 aliphatic heterocycles. The van der Waals surface area contributed by atoms with Crippen LogP contribution in [-0.4, -0.2) is 23.2 Å². The summed E-state index contributed by atoms with van der Waals surface area (Å²) in [4.78, 5) is 12.9. The standard InChI is InChI=1S/C8H12ClNO/c1-6(2)7(8(9)11)10-4-3-5-10/h3-5H2,1-2H3. The first-order valence-electron chi connectivity index (χ1n) is 3.75. The third kappa shape index (κ3) is 1.74. The Morgan fingerprint density at radius 2 is 1.91 bits per heavy atom. The largest absolute Gasteiger partial charge is 0.368 e. The van der Waals surface area contributed by atoms with Gasteiger partial charge in [-0.3, -0.25) is 4.79 Å². The van der Waals surface area contributed by atoms with Crippen LogP contribution < -0.4 is 0 Å². The Morgan fingerprint density at radius 3 is 2.00 bits per heavy atom. The number of carbonyl (C=O) groups is 1. The number of allylic oxidation sites excluding steroid dienone is 2. The number of hydrogen-bond donors (Lipinski definition) is 0. The zero-order valence-corrected chi connectivity index (χ0v) is 7.61. The summed E-state index contributed by atoms with van der Waals surface area (Å²) in [7, 11) is 0. The molecule has 1 saturated heterocycles. The van der Waals surface area contributed by atoms with E-state index in [4.69, 9.17) is 11.6 Å². The van der Waals surface area contributed by atoms with Crippen LogP contribution in [0, 0.1) is 0 Å². The molecule has 0 amide bonds. The second-order valence-electron chi connectivity index (χ2n) is 2.96. The van der Waals surface area contributed by atoms with Gasteiger partial charge < -0.3 is 4.90 Å². The molecule has 0 atom stereocenters. The summed E-state index contributed by atoms with van der Waals surface area (Å²) >= 11 is 5.41.